The third-order valence-electron chi connectivity index (χ3n) is 11.4. The second-order valence-electron chi connectivity index (χ2n) is 14.4. The third-order valence-corrected chi connectivity index (χ3v) is 12.6. The second kappa shape index (κ2) is 11.4. The van der Waals surface area contributed by atoms with Gasteiger partial charge in [0, 0.05) is 31.6 Å². The first kappa shape index (κ1) is 29.8. The minimum Gasteiger partial charge on any atom is -0.454 e. The lowest BCUT2D eigenvalue weighted by Crippen LogP contribution is -1.91. The topological polar surface area (TPSA) is 13.1 Å². The summed E-state index contributed by atoms with van der Waals surface area (Å²) in [5.74, 6) is 0. The highest BCUT2D eigenvalue weighted by atomic mass is 32.1. The van der Waals surface area contributed by atoms with E-state index in [0.29, 0.717) is 0 Å². The van der Waals surface area contributed by atoms with Crippen molar-refractivity contribution in [3.63, 3.8) is 0 Å². The SMILES string of the molecule is c1ccc(-c2ccc3cc(-c4c5ccccc5c(-c5cc6c7ccc8ccccc8c7oc6c6sc7ccccc7c56)c5ccccc45)ccc3c2)cc1. The number of hydrogen-bond donors (Lipinski definition) is 0. The van der Waals surface area contributed by atoms with E-state index in [4.69, 9.17) is 4.42 Å². The summed E-state index contributed by atoms with van der Waals surface area (Å²) >= 11 is 1.84. The highest BCUT2D eigenvalue weighted by Gasteiger charge is 2.24. The maximum absolute atomic E-state index is 6.93. The molecule has 10 aromatic carbocycles. The average molecular weight is 703 g/mol. The average Bonchev–Trinajstić information content (AvgIpc) is 3.82. The molecule has 2 heteroatoms. The van der Waals surface area contributed by atoms with Gasteiger partial charge in [0.05, 0.1) is 4.70 Å². The van der Waals surface area contributed by atoms with Gasteiger partial charge in [-0.05, 0) is 101 Å². The molecule has 0 unspecified atom stereocenters. The van der Waals surface area contributed by atoms with Crippen LogP contribution in [0, 0.1) is 0 Å². The summed E-state index contributed by atoms with van der Waals surface area (Å²) in [7, 11) is 0. The standard InChI is InChI=1S/C52H30OS/c1-2-12-31(13-3-1)33-22-23-35-29-36(25-24-34(35)28-33)47-38-16-6-8-18-40(38)48(41-19-9-7-17-39(41)47)45-30-44-42-27-26-32-14-4-5-15-37(32)50(42)53-51(44)52-49(45)43-20-10-11-21-46(43)54-52/h1-30H. The van der Waals surface area contributed by atoms with Gasteiger partial charge >= 0.3 is 0 Å². The lowest BCUT2D eigenvalue weighted by atomic mass is 9.84. The molecule has 1 nitrogen and oxygen atoms in total. The van der Waals surface area contributed by atoms with Crippen molar-refractivity contribution in [3.8, 4) is 33.4 Å². The zero-order valence-corrected chi connectivity index (χ0v) is 30.0. The molecule has 0 aliphatic heterocycles. The third kappa shape index (κ3) is 4.26. The van der Waals surface area contributed by atoms with E-state index < -0.39 is 0 Å². The van der Waals surface area contributed by atoms with E-state index in [1.807, 2.05) is 11.3 Å². The van der Waals surface area contributed by atoms with Crippen molar-refractivity contribution in [2.45, 2.75) is 0 Å². The molecule has 0 radical (unpaired) electrons. The number of furan rings is 1. The molecule has 0 aliphatic carbocycles. The Morgan fingerprint density at radius 1 is 0.333 bits per heavy atom. The molecule has 2 aromatic heterocycles. The summed E-state index contributed by atoms with van der Waals surface area (Å²) in [6.07, 6.45) is 0. The first-order chi connectivity index (χ1) is 26.8. The van der Waals surface area contributed by atoms with Crippen molar-refractivity contribution in [1.29, 1.82) is 0 Å². The maximum atomic E-state index is 6.93. The Morgan fingerprint density at radius 2 is 0.907 bits per heavy atom. The zero-order chi connectivity index (χ0) is 35.3. The van der Waals surface area contributed by atoms with Gasteiger partial charge in [0.2, 0.25) is 0 Å². The van der Waals surface area contributed by atoms with Crippen LogP contribution in [0.15, 0.2) is 186 Å². The molecule has 12 aromatic rings. The molecule has 0 atom stereocenters. The van der Waals surface area contributed by atoms with Crippen molar-refractivity contribution in [3.05, 3.63) is 182 Å². The van der Waals surface area contributed by atoms with Gasteiger partial charge < -0.3 is 4.42 Å². The molecule has 0 bridgehead atoms. The van der Waals surface area contributed by atoms with Gasteiger partial charge in [-0.2, -0.15) is 0 Å². The van der Waals surface area contributed by atoms with Crippen LogP contribution < -0.4 is 0 Å². The second-order valence-corrected chi connectivity index (χ2v) is 15.4. The highest BCUT2D eigenvalue weighted by Crippen LogP contribution is 2.51. The predicted molar refractivity (Wildman–Crippen MR) is 233 cm³/mol. The number of rotatable bonds is 3. The van der Waals surface area contributed by atoms with Gasteiger partial charge in [0.1, 0.15) is 5.58 Å². The smallest absolute Gasteiger partial charge is 0.153 e. The minimum absolute atomic E-state index is 0.955. The van der Waals surface area contributed by atoms with Gasteiger partial charge in [-0.25, -0.2) is 0 Å². The fraction of sp³-hybridized carbons (Fsp3) is 0. The van der Waals surface area contributed by atoms with E-state index in [1.165, 1.54) is 91.3 Å². The summed E-state index contributed by atoms with van der Waals surface area (Å²) in [6.45, 7) is 0. The number of benzene rings is 10. The van der Waals surface area contributed by atoms with Crippen LogP contribution in [0.1, 0.15) is 0 Å². The normalized spacial score (nSPS) is 12.1. The Balaban J connectivity index is 1.18. The Hall–Kier alpha value is -6.74. The Labute approximate surface area is 314 Å². The van der Waals surface area contributed by atoms with Crippen molar-refractivity contribution < 1.29 is 4.42 Å². The minimum atomic E-state index is 0.955. The Bertz CT molecular complexity index is 3440. The summed E-state index contributed by atoms with van der Waals surface area (Å²) in [6, 6.07) is 66.7. The summed E-state index contributed by atoms with van der Waals surface area (Å²) in [5, 5.41) is 14.7. The number of fused-ring (bicyclic) bond motifs is 12. The van der Waals surface area contributed by atoms with Crippen LogP contribution >= 0.6 is 11.3 Å². The molecule has 0 saturated carbocycles. The molecule has 0 saturated heterocycles. The molecule has 54 heavy (non-hydrogen) atoms. The van der Waals surface area contributed by atoms with Crippen molar-refractivity contribution in [2.75, 3.05) is 0 Å². The van der Waals surface area contributed by atoms with Crippen molar-refractivity contribution in [2.24, 2.45) is 0 Å². The van der Waals surface area contributed by atoms with E-state index in [9.17, 15) is 0 Å². The molecule has 12 rings (SSSR count). The van der Waals surface area contributed by atoms with E-state index in [0.717, 1.165) is 27.3 Å². The zero-order valence-electron chi connectivity index (χ0n) is 29.1. The molecule has 0 spiro atoms. The van der Waals surface area contributed by atoms with E-state index in [-0.39, 0.29) is 0 Å². The van der Waals surface area contributed by atoms with Crippen LogP contribution in [-0.2, 0) is 0 Å². The van der Waals surface area contributed by atoms with Crippen LogP contribution in [0.25, 0.3) is 119 Å². The van der Waals surface area contributed by atoms with Crippen LogP contribution in [0.4, 0.5) is 0 Å². The highest BCUT2D eigenvalue weighted by molar-refractivity contribution is 7.26. The molecular formula is C52H30OS. The summed E-state index contributed by atoms with van der Waals surface area (Å²) in [4.78, 5) is 0. The molecule has 0 N–H and O–H groups in total. The monoisotopic (exact) mass is 702 g/mol. The summed E-state index contributed by atoms with van der Waals surface area (Å²) in [5.41, 5.74) is 9.40. The summed E-state index contributed by atoms with van der Waals surface area (Å²) < 4.78 is 9.40. The molecular weight excluding hydrogens is 673 g/mol. The maximum Gasteiger partial charge on any atom is 0.153 e. The number of hydrogen-bond acceptors (Lipinski definition) is 2. The number of thiophene rings is 1. The lowest BCUT2D eigenvalue weighted by molar-refractivity contribution is 0.677. The fourth-order valence-electron chi connectivity index (χ4n) is 8.98. The molecule has 250 valence electrons. The molecule has 0 amide bonds. The van der Waals surface area contributed by atoms with Gasteiger partial charge in [-0.1, -0.05) is 152 Å². The van der Waals surface area contributed by atoms with E-state index >= 15 is 0 Å². The van der Waals surface area contributed by atoms with Gasteiger partial charge in [0.25, 0.3) is 0 Å². The molecule has 0 aliphatic rings. The first-order valence-electron chi connectivity index (χ1n) is 18.5. The molecule has 2 heterocycles. The van der Waals surface area contributed by atoms with E-state index in [2.05, 4.69) is 182 Å². The Morgan fingerprint density at radius 3 is 1.65 bits per heavy atom. The van der Waals surface area contributed by atoms with Crippen LogP contribution in [0.5, 0.6) is 0 Å². The fourth-order valence-corrected chi connectivity index (χ4v) is 10.2. The van der Waals surface area contributed by atoms with Crippen LogP contribution in [0.3, 0.4) is 0 Å². The Kier molecular flexibility index (Phi) is 6.28. The van der Waals surface area contributed by atoms with E-state index in [1.54, 1.807) is 0 Å². The van der Waals surface area contributed by atoms with Gasteiger partial charge in [0.15, 0.2) is 5.58 Å². The molecule has 0 fully saturated rings. The van der Waals surface area contributed by atoms with Gasteiger partial charge in [-0.15, -0.1) is 11.3 Å². The lowest BCUT2D eigenvalue weighted by Gasteiger charge is -2.19. The predicted octanol–water partition coefficient (Wildman–Crippen LogP) is 15.6. The van der Waals surface area contributed by atoms with Crippen molar-refractivity contribution in [1.82, 2.24) is 0 Å². The first-order valence-corrected chi connectivity index (χ1v) is 19.3. The largest absolute Gasteiger partial charge is 0.454 e. The van der Waals surface area contributed by atoms with Crippen LogP contribution in [0.2, 0.25) is 0 Å². The van der Waals surface area contributed by atoms with Crippen LogP contribution in [-0.4, -0.2) is 0 Å². The quantitative estimate of drug-likeness (QED) is 0.167. The van der Waals surface area contributed by atoms with Gasteiger partial charge in [-0.3, -0.25) is 0 Å². The van der Waals surface area contributed by atoms with Crippen molar-refractivity contribution >= 4 is 96.5 Å².